The van der Waals surface area contributed by atoms with Gasteiger partial charge in [0.15, 0.2) is 0 Å². The molecule has 1 aromatic carbocycles. The molecule has 0 unspecified atom stereocenters. The number of aryl methyl sites for hydroxylation is 2. The van der Waals surface area contributed by atoms with E-state index in [2.05, 4.69) is 5.10 Å². The molecular weight excluding hydrogens is 320 g/mol. The smallest absolute Gasteiger partial charge is 0.341 e. The maximum atomic E-state index is 12.2. The van der Waals surface area contributed by atoms with Crippen LogP contribution in [0.1, 0.15) is 16.8 Å². The maximum Gasteiger partial charge on any atom is 0.341 e. The second-order valence-corrected chi connectivity index (χ2v) is 5.66. The van der Waals surface area contributed by atoms with Crippen LogP contribution in [0, 0.1) is 13.8 Å². The molecular formula is C16H13ClN2O4. The van der Waals surface area contributed by atoms with Crippen molar-refractivity contribution in [1.82, 2.24) is 9.78 Å². The lowest BCUT2D eigenvalue weighted by Crippen LogP contribution is -2.15. The second-order valence-electron chi connectivity index (χ2n) is 5.22. The largest absolute Gasteiger partial charge is 0.481 e. The van der Waals surface area contributed by atoms with E-state index in [1.807, 2.05) is 0 Å². The first kappa shape index (κ1) is 15.3. The number of carboxylic acids is 1. The fourth-order valence-electron chi connectivity index (χ4n) is 2.62. The fourth-order valence-corrected chi connectivity index (χ4v) is 2.81. The van der Waals surface area contributed by atoms with E-state index < -0.39 is 11.6 Å². The van der Waals surface area contributed by atoms with Crippen LogP contribution in [0.4, 0.5) is 0 Å². The molecule has 23 heavy (non-hydrogen) atoms. The van der Waals surface area contributed by atoms with Gasteiger partial charge in [0.1, 0.15) is 0 Å². The van der Waals surface area contributed by atoms with Crippen LogP contribution >= 0.6 is 11.6 Å². The van der Waals surface area contributed by atoms with Gasteiger partial charge in [0.05, 0.1) is 28.8 Å². The van der Waals surface area contributed by atoms with E-state index in [0.29, 0.717) is 27.4 Å². The van der Waals surface area contributed by atoms with Crippen molar-refractivity contribution >= 4 is 28.7 Å². The van der Waals surface area contributed by atoms with Crippen molar-refractivity contribution in [2.24, 2.45) is 0 Å². The van der Waals surface area contributed by atoms with E-state index in [0.717, 1.165) is 0 Å². The normalized spacial score (nSPS) is 11.1. The minimum absolute atomic E-state index is 0.138. The number of halogens is 1. The van der Waals surface area contributed by atoms with Crippen LogP contribution in [0.15, 0.2) is 33.5 Å². The number of hydrogen-bond acceptors (Lipinski definition) is 4. The highest BCUT2D eigenvalue weighted by molar-refractivity contribution is 6.30. The van der Waals surface area contributed by atoms with Crippen LogP contribution in [-0.4, -0.2) is 20.9 Å². The van der Waals surface area contributed by atoms with Crippen molar-refractivity contribution in [3.63, 3.8) is 0 Å². The van der Waals surface area contributed by atoms with Crippen LogP contribution in [-0.2, 0) is 11.2 Å². The van der Waals surface area contributed by atoms with Gasteiger partial charge in [-0.1, -0.05) is 17.7 Å². The van der Waals surface area contributed by atoms with Gasteiger partial charge < -0.3 is 9.52 Å². The van der Waals surface area contributed by atoms with E-state index in [1.165, 1.54) is 4.68 Å². The zero-order chi connectivity index (χ0) is 16.7. The zero-order valence-corrected chi connectivity index (χ0v) is 13.2. The molecule has 0 bridgehead atoms. The summed E-state index contributed by atoms with van der Waals surface area (Å²) in [7, 11) is 0. The van der Waals surface area contributed by atoms with Crippen molar-refractivity contribution in [2.75, 3.05) is 0 Å². The molecule has 0 spiro atoms. The lowest BCUT2D eigenvalue weighted by atomic mass is 10.1. The number of carboxylic acid groups (broad SMARTS) is 1. The molecule has 0 saturated heterocycles. The highest BCUT2D eigenvalue weighted by Crippen LogP contribution is 2.26. The summed E-state index contributed by atoms with van der Waals surface area (Å²) in [5.74, 6) is -1.08. The SMILES string of the molecule is Cc1nn(-c2cccc(Cl)c2)c2oc(=O)c(CC(=O)O)c(C)c12. The van der Waals surface area contributed by atoms with Crippen molar-refractivity contribution in [3.8, 4) is 5.69 Å². The molecule has 0 fully saturated rings. The molecule has 0 amide bonds. The molecule has 2 aromatic heterocycles. The number of aliphatic carboxylic acids is 1. The number of rotatable bonds is 3. The third kappa shape index (κ3) is 2.61. The van der Waals surface area contributed by atoms with Crippen molar-refractivity contribution in [1.29, 1.82) is 0 Å². The molecule has 7 heteroatoms. The molecule has 118 valence electrons. The third-order valence-corrected chi connectivity index (χ3v) is 3.90. The molecule has 0 atom stereocenters. The predicted molar refractivity (Wildman–Crippen MR) is 85.4 cm³/mol. The molecule has 3 aromatic rings. The minimum Gasteiger partial charge on any atom is -0.481 e. The quantitative estimate of drug-likeness (QED) is 0.797. The molecule has 0 radical (unpaired) electrons. The third-order valence-electron chi connectivity index (χ3n) is 3.66. The Bertz CT molecular complexity index is 988. The van der Waals surface area contributed by atoms with Crippen molar-refractivity contribution in [3.05, 3.63) is 56.5 Å². The summed E-state index contributed by atoms with van der Waals surface area (Å²) in [6, 6.07) is 6.99. The Labute approximate surface area is 135 Å². The van der Waals surface area contributed by atoms with Gasteiger partial charge in [-0.05, 0) is 37.6 Å². The molecule has 2 heterocycles. The monoisotopic (exact) mass is 332 g/mol. The number of hydrogen-bond donors (Lipinski definition) is 1. The number of nitrogens with zero attached hydrogens (tertiary/aromatic N) is 2. The van der Waals surface area contributed by atoms with Gasteiger partial charge in [-0.15, -0.1) is 0 Å². The zero-order valence-electron chi connectivity index (χ0n) is 12.5. The topological polar surface area (TPSA) is 85.3 Å². The lowest BCUT2D eigenvalue weighted by molar-refractivity contribution is -0.136. The Balaban J connectivity index is 2.32. The van der Waals surface area contributed by atoms with Crippen molar-refractivity contribution < 1.29 is 14.3 Å². The van der Waals surface area contributed by atoms with Gasteiger partial charge in [-0.2, -0.15) is 9.78 Å². The van der Waals surface area contributed by atoms with Crippen molar-refractivity contribution in [2.45, 2.75) is 20.3 Å². The second kappa shape index (κ2) is 5.55. The highest BCUT2D eigenvalue weighted by atomic mass is 35.5. The number of aromatic nitrogens is 2. The van der Waals surface area contributed by atoms with Gasteiger partial charge in [0.2, 0.25) is 5.71 Å². The summed E-state index contributed by atoms with van der Waals surface area (Å²) >= 11 is 6.00. The first-order valence-corrected chi connectivity index (χ1v) is 7.26. The summed E-state index contributed by atoms with van der Waals surface area (Å²) < 4.78 is 6.85. The first-order valence-electron chi connectivity index (χ1n) is 6.88. The summed E-state index contributed by atoms with van der Waals surface area (Å²) in [6.07, 6.45) is -0.383. The molecule has 0 saturated carbocycles. The van der Waals surface area contributed by atoms with E-state index >= 15 is 0 Å². The van der Waals surface area contributed by atoms with E-state index in [9.17, 15) is 9.59 Å². The lowest BCUT2D eigenvalue weighted by Gasteiger charge is -2.05. The molecule has 0 aliphatic heterocycles. The average Bonchev–Trinajstić information content (AvgIpc) is 2.80. The molecule has 6 nitrogen and oxygen atoms in total. The van der Waals surface area contributed by atoms with Gasteiger partial charge in [0.25, 0.3) is 0 Å². The van der Waals surface area contributed by atoms with Gasteiger partial charge in [-0.3, -0.25) is 4.79 Å². The van der Waals surface area contributed by atoms with Gasteiger partial charge in [-0.25, -0.2) is 4.79 Å². The summed E-state index contributed by atoms with van der Waals surface area (Å²) in [5, 5.41) is 14.5. The fraction of sp³-hybridized carbons (Fsp3) is 0.188. The number of carbonyl (C=O) groups is 1. The summed E-state index contributed by atoms with van der Waals surface area (Å²) in [5.41, 5.74) is 1.63. The Kier molecular flexibility index (Phi) is 3.69. The van der Waals surface area contributed by atoms with E-state index in [1.54, 1.807) is 38.1 Å². The summed E-state index contributed by atoms with van der Waals surface area (Å²) in [6.45, 7) is 3.48. The standard InChI is InChI=1S/C16H13ClN2O4/c1-8-12(7-13(20)21)16(22)23-15-14(8)9(2)18-19(15)11-5-3-4-10(17)6-11/h3-6H,7H2,1-2H3,(H,20,21). The molecule has 0 aliphatic rings. The Morgan fingerprint density at radius 1 is 1.39 bits per heavy atom. The van der Waals surface area contributed by atoms with Crippen LogP contribution in [0.5, 0.6) is 0 Å². The van der Waals surface area contributed by atoms with Gasteiger partial charge in [0, 0.05) is 5.02 Å². The van der Waals surface area contributed by atoms with Crippen LogP contribution in [0.3, 0.4) is 0 Å². The number of fused-ring (bicyclic) bond motifs is 1. The molecule has 0 aliphatic carbocycles. The highest BCUT2D eigenvalue weighted by Gasteiger charge is 2.20. The molecule has 1 N–H and O–H groups in total. The Morgan fingerprint density at radius 3 is 2.78 bits per heavy atom. The maximum absolute atomic E-state index is 12.2. The Morgan fingerprint density at radius 2 is 2.13 bits per heavy atom. The van der Waals surface area contributed by atoms with E-state index in [-0.39, 0.29) is 17.7 Å². The minimum atomic E-state index is -1.08. The molecule has 3 rings (SSSR count). The van der Waals surface area contributed by atoms with Crippen LogP contribution < -0.4 is 5.63 Å². The first-order chi connectivity index (χ1) is 10.9. The van der Waals surface area contributed by atoms with Crippen LogP contribution in [0.25, 0.3) is 16.8 Å². The predicted octanol–water partition coefficient (Wildman–Crippen LogP) is 2.88. The van der Waals surface area contributed by atoms with E-state index in [4.69, 9.17) is 21.1 Å². The van der Waals surface area contributed by atoms with Gasteiger partial charge >= 0.3 is 11.6 Å². The van der Waals surface area contributed by atoms with Crippen LogP contribution in [0.2, 0.25) is 5.02 Å². The Hall–Kier alpha value is -2.60. The average molecular weight is 333 g/mol. The summed E-state index contributed by atoms with van der Waals surface area (Å²) in [4.78, 5) is 23.1. The number of benzene rings is 1.